The molecule has 0 aliphatic rings. The van der Waals surface area contributed by atoms with Crippen molar-refractivity contribution in [2.24, 2.45) is 0 Å². The van der Waals surface area contributed by atoms with Gasteiger partial charge in [-0.15, -0.1) is 0 Å². The Kier molecular flexibility index (Phi) is 4.79. The smallest absolute Gasteiger partial charge is 0.141 e. The number of nitrogens with one attached hydrogen (secondary N) is 1. The van der Waals surface area contributed by atoms with E-state index in [2.05, 4.69) is 44.3 Å². The molecule has 2 aromatic rings. The Morgan fingerprint density at radius 2 is 1.90 bits per heavy atom. The molecule has 0 heterocycles. The zero-order valence-corrected chi connectivity index (χ0v) is 12.8. The van der Waals surface area contributed by atoms with Crippen molar-refractivity contribution in [2.45, 2.75) is 33.4 Å². The molecule has 2 aromatic carbocycles. The summed E-state index contributed by atoms with van der Waals surface area (Å²) in [5.41, 5.74) is 4.81. The Balaban J connectivity index is 2.04. The van der Waals surface area contributed by atoms with Gasteiger partial charge in [-0.05, 0) is 49.6 Å². The van der Waals surface area contributed by atoms with Crippen LogP contribution in [0.5, 0.6) is 0 Å². The standard InChI is InChI=1S/C17H19ClFN/c1-11-4-6-15(12(2)8-11)13(3)20-10-14-5-7-17(19)16(18)9-14/h4-9,13,20H,10H2,1-3H3. The Bertz CT molecular complexity index is 610. The van der Waals surface area contributed by atoms with Crippen LogP contribution in [0.2, 0.25) is 5.02 Å². The number of halogens is 2. The van der Waals surface area contributed by atoms with Crippen LogP contribution in [-0.4, -0.2) is 0 Å². The van der Waals surface area contributed by atoms with E-state index in [0.29, 0.717) is 6.54 Å². The lowest BCUT2D eigenvalue weighted by Crippen LogP contribution is -2.19. The van der Waals surface area contributed by atoms with Gasteiger partial charge in [-0.3, -0.25) is 0 Å². The van der Waals surface area contributed by atoms with E-state index in [4.69, 9.17) is 11.6 Å². The van der Waals surface area contributed by atoms with Crippen molar-refractivity contribution in [3.63, 3.8) is 0 Å². The fraction of sp³-hybridized carbons (Fsp3) is 0.294. The molecule has 2 rings (SSSR count). The summed E-state index contributed by atoms with van der Waals surface area (Å²) in [5, 5.41) is 3.61. The van der Waals surface area contributed by atoms with Crippen LogP contribution >= 0.6 is 11.6 Å². The summed E-state index contributed by atoms with van der Waals surface area (Å²) < 4.78 is 13.1. The highest BCUT2D eigenvalue weighted by atomic mass is 35.5. The van der Waals surface area contributed by atoms with Crippen LogP contribution in [0, 0.1) is 19.7 Å². The molecule has 1 atom stereocenters. The Morgan fingerprint density at radius 1 is 1.15 bits per heavy atom. The lowest BCUT2D eigenvalue weighted by Gasteiger charge is -2.17. The van der Waals surface area contributed by atoms with Gasteiger partial charge >= 0.3 is 0 Å². The van der Waals surface area contributed by atoms with Gasteiger partial charge in [0.05, 0.1) is 5.02 Å². The molecule has 0 aliphatic heterocycles. The van der Waals surface area contributed by atoms with E-state index < -0.39 is 0 Å². The molecule has 0 saturated heterocycles. The molecule has 20 heavy (non-hydrogen) atoms. The first-order valence-corrected chi connectivity index (χ1v) is 7.09. The molecule has 1 N–H and O–H groups in total. The molecule has 106 valence electrons. The zero-order chi connectivity index (χ0) is 14.7. The van der Waals surface area contributed by atoms with Gasteiger partial charge in [0, 0.05) is 12.6 Å². The van der Waals surface area contributed by atoms with E-state index >= 15 is 0 Å². The van der Waals surface area contributed by atoms with Gasteiger partial charge in [-0.1, -0.05) is 41.4 Å². The molecule has 0 aromatic heterocycles. The van der Waals surface area contributed by atoms with Crippen LogP contribution in [0.1, 0.15) is 35.2 Å². The molecular formula is C17H19ClFN. The summed E-state index contributed by atoms with van der Waals surface area (Å²) in [4.78, 5) is 0. The molecule has 0 amide bonds. The normalized spacial score (nSPS) is 12.4. The minimum Gasteiger partial charge on any atom is -0.306 e. The topological polar surface area (TPSA) is 12.0 Å². The predicted octanol–water partition coefficient (Wildman–Crippen LogP) is 4.95. The van der Waals surface area contributed by atoms with Crippen molar-refractivity contribution < 1.29 is 4.39 Å². The number of benzene rings is 2. The average Bonchev–Trinajstić information content (AvgIpc) is 2.40. The molecule has 1 unspecified atom stereocenters. The number of rotatable bonds is 4. The Morgan fingerprint density at radius 3 is 2.55 bits per heavy atom. The third-order valence-corrected chi connectivity index (χ3v) is 3.78. The summed E-state index contributed by atoms with van der Waals surface area (Å²) >= 11 is 5.79. The van der Waals surface area contributed by atoms with Gasteiger partial charge in [0.25, 0.3) is 0 Å². The van der Waals surface area contributed by atoms with E-state index in [-0.39, 0.29) is 16.9 Å². The maximum absolute atomic E-state index is 13.1. The maximum atomic E-state index is 13.1. The monoisotopic (exact) mass is 291 g/mol. The van der Waals surface area contributed by atoms with Crippen LogP contribution < -0.4 is 5.32 Å². The fourth-order valence-corrected chi connectivity index (χ4v) is 2.55. The van der Waals surface area contributed by atoms with Crippen LogP contribution in [-0.2, 0) is 6.54 Å². The number of hydrogen-bond acceptors (Lipinski definition) is 1. The molecule has 0 saturated carbocycles. The average molecular weight is 292 g/mol. The zero-order valence-electron chi connectivity index (χ0n) is 12.0. The largest absolute Gasteiger partial charge is 0.306 e. The summed E-state index contributed by atoms with van der Waals surface area (Å²) in [6.07, 6.45) is 0. The van der Waals surface area contributed by atoms with E-state index in [1.807, 2.05) is 0 Å². The van der Waals surface area contributed by atoms with E-state index in [1.54, 1.807) is 12.1 Å². The maximum Gasteiger partial charge on any atom is 0.141 e. The minimum absolute atomic E-state index is 0.170. The SMILES string of the molecule is Cc1ccc(C(C)NCc2ccc(F)c(Cl)c2)c(C)c1. The highest BCUT2D eigenvalue weighted by Gasteiger charge is 2.08. The minimum atomic E-state index is -0.377. The fourth-order valence-electron chi connectivity index (χ4n) is 2.34. The van der Waals surface area contributed by atoms with Crippen LogP contribution in [0.3, 0.4) is 0 Å². The number of aryl methyl sites for hydroxylation is 2. The third-order valence-electron chi connectivity index (χ3n) is 3.49. The molecule has 0 fully saturated rings. The van der Waals surface area contributed by atoms with Crippen molar-refractivity contribution in [3.8, 4) is 0 Å². The summed E-state index contributed by atoms with van der Waals surface area (Å²) in [7, 11) is 0. The number of hydrogen-bond donors (Lipinski definition) is 1. The van der Waals surface area contributed by atoms with E-state index in [9.17, 15) is 4.39 Å². The first kappa shape index (κ1) is 15.0. The molecule has 0 radical (unpaired) electrons. The van der Waals surface area contributed by atoms with Gasteiger partial charge in [0.1, 0.15) is 5.82 Å². The summed E-state index contributed by atoms with van der Waals surface area (Å²) in [6.45, 7) is 7.00. The highest BCUT2D eigenvalue weighted by molar-refractivity contribution is 6.30. The van der Waals surface area contributed by atoms with Crippen molar-refractivity contribution in [3.05, 3.63) is 69.5 Å². The molecule has 0 spiro atoms. The van der Waals surface area contributed by atoms with Gasteiger partial charge in [-0.2, -0.15) is 0 Å². The lowest BCUT2D eigenvalue weighted by molar-refractivity contribution is 0.570. The first-order chi connectivity index (χ1) is 9.47. The highest BCUT2D eigenvalue weighted by Crippen LogP contribution is 2.20. The second-order valence-electron chi connectivity index (χ2n) is 5.21. The lowest BCUT2D eigenvalue weighted by atomic mass is 10.00. The predicted molar refractivity (Wildman–Crippen MR) is 82.6 cm³/mol. The van der Waals surface area contributed by atoms with Crippen molar-refractivity contribution in [1.29, 1.82) is 0 Å². The van der Waals surface area contributed by atoms with Crippen LogP contribution in [0.15, 0.2) is 36.4 Å². The summed E-state index contributed by atoms with van der Waals surface area (Å²) in [5.74, 6) is -0.377. The first-order valence-electron chi connectivity index (χ1n) is 6.72. The van der Waals surface area contributed by atoms with E-state index in [0.717, 1.165) is 5.56 Å². The van der Waals surface area contributed by atoms with Crippen molar-refractivity contribution in [1.82, 2.24) is 5.32 Å². The molecule has 0 aliphatic carbocycles. The quantitative estimate of drug-likeness (QED) is 0.841. The third kappa shape index (κ3) is 3.59. The van der Waals surface area contributed by atoms with Crippen molar-refractivity contribution in [2.75, 3.05) is 0 Å². The van der Waals surface area contributed by atoms with Gasteiger partial charge in [0.15, 0.2) is 0 Å². The Labute approximate surface area is 124 Å². The van der Waals surface area contributed by atoms with Crippen LogP contribution in [0.25, 0.3) is 0 Å². The van der Waals surface area contributed by atoms with Crippen LogP contribution in [0.4, 0.5) is 4.39 Å². The van der Waals surface area contributed by atoms with Crippen molar-refractivity contribution >= 4 is 11.6 Å². The van der Waals surface area contributed by atoms with Gasteiger partial charge in [-0.25, -0.2) is 4.39 Å². The second-order valence-corrected chi connectivity index (χ2v) is 5.62. The van der Waals surface area contributed by atoms with Gasteiger partial charge in [0.2, 0.25) is 0 Å². The molecular weight excluding hydrogens is 273 g/mol. The molecule has 3 heteroatoms. The summed E-state index contributed by atoms with van der Waals surface area (Å²) in [6, 6.07) is 11.5. The van der Waals surface area contributed by atoms with Gasteiger partial charge < -0.3 is 5.32 Å². The molecule has 0 bridgehead atoms. The molecule has 1 nitrogen and oxygen atoms in total. The second kappa shape index (κ2) is 6.38. The Hall–Kier alpha value is -1.38. The van der Waals surface area contributed by atoms with E-state index in [1.165, 1.54) is 22.8 Å².